The third-order valence-corrected chi connectivity index (χ3v) is 1.78. The molecule has 0 saturated carbocycles. The van der Waals surface area contributed by atoms with Crippen molar-refractivity contribution in [3.05, 3.63) is 39.4 Å². The standard InChI is InChI=1S/C10H8N2O4/c11-10(14)4-2-7-1-3-8(6-13)9(5-7)12(15)16/h1,3,5,13H,6H2,(H2,11,14). The van der Waals surface area contributed by atoms with Crippen molar-refractivity contribution in [2.45, 2.75) is 6.61 Å². The quantitative estimate of drug-likeness (QED) is 0.413. The second-order valence-corrected chi connectivity index (χ2v) is 2.87. The molecule has 0 saturated heterocycles. The van der Waals surface area contributed by atoms with Crippen LogP contribution >= 0.6 is 0 Å². The van der Waals surface area contributed by atoms with Crippen LogP contribution in [0.15, 0.2) is 18.2 Å². The predicted molar refractivity (Wildman–Crippen MR) is 55.1 cm³/mol. The summed E-state index contributed by atoms with van der Waals surface area (Å²) in [5, 5.41) is 19.5. The molecule has 6 heteroatoms. The molecule has 1 aromatic carbocycles. The number of aliphatic hydroxyl groups excluding tert-OH is 1. The zero-order valence-corrected chi connectivity index (χ0v) is 8.14. The van der Waals surface area contributed by atoms with Crippen molar-refractivity contribution >= 4 is 11.6 Å². The summed E-state index contributed by atoms with van der Waals surface area (Å²) >= 11 is 0. The zero-order valence-electron chi connectivity index (χ0n) is 8.14. The van der Waals surface area contributed by atoms with Gasteiger partial charge in [-0.3, -0.25) is 14.9 Å². The first-order valence-corrected chi connectivity index (χ1v) is 4.24. The number of nitro groups is 1. The highest BCUT2D eigenvalue weighted by atomic mass is 16.6. The molecule has 16 heavy (non-hydrogen) atoms. The fourth-order valence-electron chi connectivity index (χ4n) is 1.08. The third-order valence-electron chi connectivity index (χ3n) is 1.78. The number of primary amides is 1. The maximum Gasteiger partial charge on any atom is 0.293 e. The number of carbonyl (C=O) groups excluding carboxylic acids is 1. The van der Waals surface area contributed by atoms with Crippen LogP contribution in [0.25, 0.3) is 0 Å². The molecule has 6 nitrogen and oxygen atoms in total. The zero-order chi connectivity index (χ0) is 12.1. The molecular weight excluding hydrogens is 212 g/mol. The van der Waals surface area contributed by atoms with Gasteiger partial charge in [0, 0.05) is 11.6 Å². The van der Waals surface area contributed by atoms with Gasteiger partial charge in [0.05, 0.1) is 17.1 Å². The lowest BCUT2D eigenvalue weighted by molar-refractivity contribution is -0.385. The van der Waals surface area contributed by atoms with Gasteiger partial charge >= 0.3 is 0 Å². The second-order valence-electron chi connectivity index (χ2n) is 2.87. The van der Waals surface area contributed by atoms with E-state index in [0.29, 0.717) is 5.56 Å². The molecule has 0 bridgehead atoms. The lowest BCUT2D eigenvalue weighted by atomic mass is 10.1. The molecule has 0 unspecified atom stereocenters. The Hall–Kier alpha value is -2.39. The lowest BCUT2D eigenvalue weighted by Crippen LogP contribution is -2.06. The van der Waals surface area contributed by atoms with Crippen LogP contribution in [0.5, 0.6) is 0 Å². The topological polar surface area (TPSA) is 106 Å². The van der Waals surface area contributed by atoms with Gasteiger partial charge in [0.25, 0.3) is 11.6 Å². The van der Waals surface area contributed by atoms with Crippen molar-refractivity contribution in [1.82, 2.24) is 0 Å². The number of hydrogen-bond acceptors (Lipinski definition) is 4. The first kappa shape index (κ1) is 11.7. The van der Waals surface area contributed by atoms with Crippen LogP contribution in [0.1, 0.15) is 11.1 Å². The van der Waals surface area contributed by atoms with Crippen LogP contribution in [0, 0.1) is 22.0 Å². The van der Waals surface area contributed by atoms with E-state index in [1.807, 2.05) is 0 Å². The van der Waals surface area contributed by atoms with Crippen molar-refractivity contribution in [2.24, 2.45) is 5.73 Å². The Labute approximate surface area is 90.8 Å². The largest absolute Gasteiger partial charge is 0.391 e. The summed E-state index contributed by atoms with van der Waals surface area (Å²) in [6.07, 6.45) is 0. The predicted octanol–water partition coefficient (Wildman–Crippen LogP) is -0.0761. The number of amides is 1. The Kier molecular flexibility index (Phi) is 3.58. The normalized spacial score (nSPS) is 9.06. The Morgan fingerprint density at radius 3 is 2.75 bits per heavy atom. The second kappa shape index (κ2) is 4.91. The summed E-state index contributed by atoms with van der Waals surface area (Å²) in [4.78, 5) is 20.4. The molecule has 0 aromatic heterocycles. The number of aliphatic hydroxyl groups is 1. The summed E-state index contributed by atoms with van der Waals surface area (Å²) in [6.45, 7) is -0.431. The van der Waals surface area contributed by atoms with Crippen LogP contribution in [-0.2, 0) is 11.4 Å². The van der Waals surface area contributed by atoms with Crippen LogP contribution in [0.4, 0.5) is 5.69 Å². The number of nitrogens with zero attached hydrogens (tertiary/aromatic N) is 1. The Morgan fingerprint density at radius 2 is 2.25 bits per heavy atom. The highest BCUT2D eigenvalue weighted by Gasteiger charge is 2.12. The summed E-state index contributed by atoms with van der Waals surface area (Å²) in [5.41, 5.74) is 5.05. The molecule has 1 amide bonds. The minimum absolute atomic E-state index is 0.189. The summed E-state index contributed by atoms with van der Waals surface area (Å²) in [7, 11) is 0. The minimum atomic E-state index is -0.811. The molecule has 3 N–H and O–H groups in total. The molecule has 1 aromatic rings. The number of carbonyl (C=O) groups is 1. The Bertz CT molecular complexity index is 499. The summed E-state index contributed by atoms with van der Waals surface area (Å²) in [5.74, 6) is 3.64. The molecule has 0 aliphatic heterocycles. The maximum absolute atomic E-state index is 10.6. The van der Waals surface area contributed by atoms with E-state index >= 15 is 0 Å². The number of rotatable bonds is 2. The summed E-state index contributed by atoms with van der Waals surface area (Å²) in [6, 6.07) is 4.03. The van der Waals surface area contributed by atoms with Crippen LogP contribution in [0.2, 0.25) is 0 Å². The molecule has 1 rings (SSSR count). The number of hydrogen-bond donors (Lipinski definition) is 2. The molecule has 0 fully saturated rings. The smallest absolute Gasteiger partial charge is 0.293 e. The van der Waals surface area contributed by atoms with Crippen molar-refractivity contribution in [2.75, 3.05) is 0 Å². The molecule has 0 aliphatic rings. The lowest BCUT2D eigenvalue weighted by Gasteiger charge is -1.99. The molecule has 0 aliphatic carbocycles. The number of benzene rings is 1. The van der Waals surface area contributed by atoms with Gasteiger partial charge in [0.15, 0.2) is 0 Å². The van der Waals surface area contributed by atoms with E-state index in [1.54, 1.807) is 0 Å². The molecule has 0 spiro atoms. The number of nitro benzene ring substituents is 1. The first-order valence-electron chi connectivity index (χ1n) is 4.24. The molecule has 0 atom stereocenters. The van der Waals surface area contributed by atoms with Gasteiger partial charge in [-0.05, 0) is 18.1 Å². The third kappa shape index (κ3) is 2.80. The average Bonchev–Trinajstić information content (AvgIpc) is 2.25. The van der Waals surface area contributed by atoms with E-state index in [1.165, 1.54) is 18.2 Å². The van der Waals surface area contributed by atoms with Crippen molar-refractivity contribution in [1.29, 1.82) is 0 Å². The average molecular weight is 220 g/mol. The fraction of sp³-hybridized carbons (Fsp3) is 0.100. The maximum atomic E-state index is 10.6. The van der Waals surface area contributed by atoms with E-state index in [0.717, 1.165) is 0 Å². The number of nitrogens with two attached hydrogens (primary N) is 1. The van der Waals surface area contributed by atoms with Crippen molar-refractivity contribution < 1.29 is 14.8 Å². The molecular formula is C10H8N2O4. The fourth-order valence-corrected chi connectivity index (χ4v) is 1.08. The van der Waals surface area contributed by atoms with Gasteiger partial charge in [-0.2, -0.15) is 0 Å². The van der Waals surface area contributed by atoms with Gasteiger partial charge in [-0.15, -0.1) is 0 Å². The van der Waals surface area contributed by atoms with Gasteiger partial charge in [0.1, 0.15) is 0 Å². The SMILES string of the molecule is NC(=O)C#Cc1ccc(CO)c([N+](=O)[O-])c1. The van der Waals surface area contributed by atoms with Crippen LogP contribution in [-0.4, -0.2) is 15.9 Å². The van der Waals surface area contributed by atoms with Gasteiger partial charge < -0.3 is 10.8 Å². The van der Waals surface area contributed by atoms with E-state index < -0.39 is 17.4 Å². The van der Waals surface area contributed by atoms with Gasteiger partial charge in [-0.1, -0.05) is 5.92 Å². The van der Waals surface area contributed by atoms with E-state index in [2.05, 4.69) is 11.8 Å². The minimum Gasteiger partial charge on any atom is -0.391 e. The van der Waals surface area contributed by atoms with Crippen LogP contribution < -0.4 is 5.73 Å². The highest BCUT2D eigenvalue weighted by Crippen LogP contribution is 2.19. The van der Waals surface area contributed by atoms with Crippen LogP contribution in [0.3, 0.4) is 0 Å². The van der Waals surface area contributed by atoms with E-state index in [-0.39, 0.29) is 11.3 Å². The molecule has 82 valence electrons. The monoisotopic (exact) mass is 220 g/mol. The van der Waals surface area contributed by atoms with Gasteiger partial charge in [-0.25, -0.2) is 0 Å². The first-order chi connectivity index (χ1) is 7.54. The Morgan fingerprint density at radius 1 is 1.56 bits per heavy atom. The van der Waals surface area contributed by atoms with Crippen molar-refractivity contribution in [3.8, 4) is 11.8 Å². The van der Waals surface area contributed by atoms with Crippen molar-refractivity contribution in [3.63, 3.8) is 0 Å². The highest BCUT2D eigenvalue weighted by molar-refractivity contribution is 5.92. The van der Waals surface area contributed by atoms with Gasteiger partial charge in [0.2, 0.25) is 0 Å². The molecule has 0 heterocycles. The summed E-state index contributed by atoms with van der Waals surface area (Å²) < 4.78 is 0. The van der Waals surface area contributed by atoms with E-state index in [4.69, 9.17) is 10.8 Å². The Balaban J connectivity index is 3.18. The molecule has 0 radical (unpaired) electrons. The van der Waals surface area contributed by atoms with E-state index in [9.17, 15) is 14.9 Å².